The Bertz CT molecular complexity index is 381. The van der Waals surface area contributed by atoms with Crippen molar-refractivity contribution in [2.24, 2.45) is 0 Å². The fourth-order valence-electron chi connectivity index (χ4n) is 0.923. The third-order valence-electron chi connectivity index (χ3n) is 1.51. The molecule has 0 radical (unpaired) electrons. The van der Waals surface area contributed by atoms with Crippen LogP contribution in [0.1, 0.15) is 11.4 Å². The van der Waals surface area contributed by atoms with Crippen molar-refractivity contribution in [3.8, 4) is 0 Å². The van der Waals surface area contributed by atoms with Gasteiger partial charge in [0.25, 0.3) is 0 Å². The number of nitrogens with zero attached hydrogens (tertiary/aromatic N) is 2. The molecule has 0 unspecified atom stereocenters. The van der Waals surface area contributed by atoms with Crippen LogP contribution in [0.15, 0.2) is 15.1 Å². The first-order valence-corrected chi connectivity index (χ1v) is 6.73. The van der Waals surface area contributed by atoms with E-state index in [2.05, 4.69) is 15.3 Å². The monoisotopic (exact) mass is 243 g/mol. The molecule has 2 rings (SSSR count). The first-order chi connectivity index (χ1) is 6.74. The maximum absolute atomic E-state index is 5.54. The molecule has 2 aromatic heterocycles. The van der Waals surface area contributed by atoms with Crippen molar-refractivity contribution in [2.45, 2.75) is 17.0 Å². The van der Waals surface area contributed by atoms with Gasteiger partial charge < -0.3 is 5.73 Å². The zero-order valence-electron chi connectivity index (χ0n) is 7.56. The van der Waals surface area contributed by atoms with Gasteiger partial charge >= 0.3 is 0 Å². The molecule has 0 bridgehead atoms. The molecule has 2 N–H and O–H groups in total. The van der Waals surface area contributed by atoms with Crippen molar-refractivity contribution in [3.05, 3.63) is 22.1 Å². The largest absolute Gasteiger partial charge is 0.375 e. The molecule has 0 aromatic carbocycles. The minimum atomic E-state index is 0.635. The van der Waals surface area contributed by atoms with Gasteiger partial charge in [0, 0.05) is 22.2 Å². The third-order valence-corrected chi connectivity index (χ3v) is 4.41. The third kappa shape index (κ3) is 2.46. The number of thioether (sulfide) groups is 1. The van der Waals surface area contributed by atoms with Crippen molar-refractivity contribution < 1.29 is 0 Å². The molecular formula is C8H9N3S3. The average molecular weight is 243 g/mol. The van der Waals surface area contributed by atoms with Crippen molar-refractivity contribution in [1.29, 1.82) is 0 Å². The Kier molecular flexibility index (Phi) is 3.05. The number of hydrogen-bond acceptors (Lipinski definition) is 6. The zero-order valence-corrected chi connectivity index (χ0v) is 10.0. The SMILES string of the molecule is Cc1csc(SCc2csc(N)n2)n1. The summed E-state index contributed by atoms with van der Waals surface area (Å²) in [6, 6.07) is 0. The second kappa shape index (κ2) is 4.29. The molecule has 0 aliphatic carbocycles. The molecule has 0 atom stereocenters. The Morgan fingerprint density at radius 1 is 1.36 bits per heavy atom. The molecule has 2 aromatic rings. The predicted octanol–water partition coefficient (Wildman–Crippen LogP) is 2.78. The van der Waals surface area contributed by atoms with Crippen molar-refractivity contribution in [2.75, 3.05) is 5.73 Å². The Morgan fingerprint density at radius 3 is 2.79 bits per heavy atom. The van der Waals surface area contributed by atoms with Gasteiger partial charge in [0.15, 0.2) is 5.13 Å². The molecule has 0 saturated heterocycles. The molecule has 0 aliphatic rings. The van der Waals surface area contributed by atoms with Gasteiger partial charge in [0.1, 0.15) is 4.34 Å². The molecular weight excluding hydrogens is 234 g/mol. The molecule has 0 aliphatic heterocycles. The summed E-state index contributed by atoms with van der Waals surface area (Å²) in [6.07, 6.45) is 0. The Balaban J connectivity index is 1.94. The number of aryl methyl sites for hydroxylation is 1. The molecule has 6 heteroatoms. The highest BCUT2D eigenvalue weighted by atomic mass is 32.2. The maximum Gasteiger partial charge on any atom is 0.180 e. The topological polar surface area (TPSA) is 51.8 Å². The van der Waals surface area contributed by atoms with Gasteiger partial charge in [-0.2, -0.15) is 0 Å². The normalized spacial score (nSPS) is 10.6. The van der Waals surface area contributed by atoms with Crippen molar-refractivity contribution in [3.63, 3.8) is 0 Å². The van der Waals surface area contributed by atoms with Crippen LogP contribution in [0.25, 0.3) is 0 Å². The lowest BCUT2D eigenvalue weighted by Gasteiger charge is -1.92. The summed E-state index contributed by atoms with van der Waals surface area (Å²) in [5.41, 5.74) is 7.65. The van der Waals surface area contributed by atoms with E-state index < -0.39 is 0 Å². The molecule has 0 amide bonds. The van der Waals surface area contributed by atoms with Gasteiger partial charge in [0.05, 0.1) is 5.69 Å². The molecule has 0 saturated carbocycles. The van der Waals surface area contributed by atoms with E-state index >= 15 is 0 Å². The second-order valence-electron chi connectivity index (χ2n) is 2.72. The Labute approximate surface area is 94.4 Å². The lowest BCUT2D eigenvalue weighted by molar-refractivity contribution is 1.15. The fraction of sp³-hybridized carbons (Fsp3) is 0.250. The number of rotatable bonds is 3. The molecule has 2 heterocycles. The maximum atomic E-state index is 5.54. The van der Waals surface area contributed by atoms with Crippen LogP contribution in [0.5, 0.6) is 0 Å². The highest BCUT2D eigenvalue weighted by Crippen LogP contribution is 2.26. The Morgan fingerprint density at radius 2 is 2.21 bits per heavy atom. The molecule has 3 nitrogen and oxygen atoms in total. The van der Waals surface area contributed by atoms with E-state index in [9.17, 15) is 0 Å². The minimum Gasteiger partial charge on any atom is -0.375 e. The lowest BCUT2D eigenvalue weighted by atomic mass is 10.6. The lowest BCUT2D eigenvalue weighted by Crippen LogP contribution is -1.84. The average Bonchev–Trinajstić information content (AvgIpc) is 2.72. The summed E-state index contributed by atoms with van der Waals surface area (Å²) in [5.74, 6) is 0.848. The first-order valence-electron chi connectivity index (χ1n) is 3.99. The van der Waals surface area contributed by atoms with E-state index in [1.807, 2.05) is 12.3 Å². The van der Waals surface area contributed by atoms with Gasteiger partial charge in [0.2, 0.25) is 0 Å². The van der Waals surface area contributed by atoms with Crippen LogP contribution in [0.4, 0.5) is 5.13 Å². The van der Waals surface area contributed by atoms with Crippen LogP contribution in [0.2, 0.25) is 0 Å². The highest BCUT2D eigenvalue weighted by molar-refractivity contribution is 8.00. The van der Waals surface area contributed by atoms with E-state index in [0.29, 0.717) is 5.13 Å². The van der Waals surface area contributed by atoms with E-state index in [0.717, 1.165) is 21.5 Å². The van der Waals surface area contributed by atoms with E-state index in [-0.39, 0.29) is 0 Å². The summed E-state index contributed by atoms with van der Waals surface area (Å²) in [5, 5.41) is 4.68. The fourth-order valence-corrected chi connectivity index (χ4v) is 3.33. The smallest absolute Gasteiger partial charge is 0.180 e. The standard InChI is InChI=1S/C8H9N3S3/c1-5-2-13-8(10-5)14-4-6-3-12-7(9)11-6/h2-3H,4H2,1H3,(H2,9,11). The summed E-state index contributed by atoms with van der Waals surface area (Å²) in [7, 11) is 0. The van der Waals surface area contributed by atoms with Crippen LogP contribution < -0.4 is 5.73 Å². The number of nitrogen functional groups attached to an aromatic ring is 1. The number of aromatic nitrogens is 2. The molecule has 0 fully saturated rings. The van der Waals surface area contributed by atoms with E-state index in [1.165, 1.54) is 11.3 Å². The number of thiazole rings is 2. The number of nitrogens with two attached hydrogens (primary N) is 1. The van der Waals surface area contributed by atoms with Crippen LogP contribution in [0, 0.1) is 6.92 Å². The van der Waals surface area contributed by atoms with Crippen LogP contribution in [0.3, 0.4) is 0 Å². The van der Waals surface area contributed by atoms with E-state index in [4.69, 9.17) is 5.73 Å². The summed E-state index contributed by atoms with van der Waals surface area (Å²) < 4.78 is 1.09. The van der Waals surface area contributed by atoms with Crippen LogP contribution >= 0.6 is 34.4 Å². The van der Waals surface area contributed by atoms with Crippen LogP contribution in [-0.2, 0) is 5.75 Å². The van der Waals surface area contributed by atoms with Crippen molar-refractivity contribution in [1.82, 2.24) is 9.97 Å². The highest BCUT2D eigenvalue weighted by Gasteiger charge is 2.02. The summed E-state index contributed by atoms with van der Waals surface area (Å²) >= 11 is 4.86. The van der Waals surface area contributed by atoms with Gasteiger partial charge in [-0.3, -0.25) is 0 Å². The number of anilines is 1. The zero-order chi connectivity index (χ0) is 9.97. The quantitative estimate of drug-likeness (QED) is 0.842. The predicted molar refractivity (Wildman–Crippen MR) is 62.9 cm³/mol. The van der Waals surface area contributed by atoms with Crippen molar-refractivity contribution >= 4 is 39.6 Å². The summed E-state index contributed by atoms with van der Waals surface area (Å²) in [4.78, 5) is 8.54. The molecule has 14 heavy (non-hydrogen) atoms. The summed E-state index contributed by atoms with van der Waals surface area (Å²) in [6.45, 7) is 2.00. The number of hydrogen-bond donors (Lipinski definition) is 1. The van der Waals surface area contributed by atoms with E-state index in [1.54, 1.807) is 23.1 Å². The molecule has 74 valence electrons. The Hall–Kier alpha value is -0.590. The van der Waals surface area contributed by atoms with Gasteiger partial charge in [-0.15, -0.1) is 22.7 Å². The molecule has 0 spiro atoms. The van der Waals surface area contributed by atoms with Crippen LogP contribution in [-0.4, -0.2) is 9.97 Å². The second-order valence-corrected chi connectivity index (χ2v) is 5.69. The van der Waals surface area contributed by atoms with Gasteiger partial charge in [-0.25, -0.2) is 9.97 Å². The van der Waals surface area contributed by atoms with Gasteiger partial charge in [-0.1, -0.05) is 11.8 Å². The minimum absolute atomic E-state index is 0.635. The first kappa shape index (κ1) is 9.95. The van der Waals surface area contributed by atoms with Gasteiger partial charge in [-0.05, 0) is 6.92 Å².